The van der Waals surface area contributed by atoms with E-state index in [-0.39, 0.29) is 10.3 Å². The van der Waals surface area contributed by atoms with Gasteiger partial charge >= 0.3 is 0 Å². The van der Waals surface area contributed by atoms with Gasteiger partial charge in [0.2, 0.25) is 0 Å². The molecule has 1 fully saturated rings. The predicted molar refractivity (Wildman–Crippen MR) is 50.8 cm³/mol. The molecule has 0 aromatic heterocycles. The van der Waals surface area contributed by atoms with Crippen molar-refractivity contribution in [3.63, 3.8) is 0 Å². The van der Waals surface area contributed by atoms with Gasteiger partial charge in [0.05, 0.1) is 5.12 Å². The maximum atomic E-state index is 5.90. The second-order valence-electron chi connectivity index (χ2n) is 3.46. The summed E-state index contributed by atoms with van der Waals surface area (Å²) in [5.74, 6) is 0. The molecule has 1 saturated heterocycles. The number of halogens is 3. The lowest BCUT2D eigenvalue weighted by molar-refractivity contribution is 0.793. The van der Waals surface area contributed by atoms with Crippen molar-refractivity contribution in [2.45, 2.75) is 35.1 Å². The molecule has 0 amide bonds. The molecule has 0 radical (unpaired) electrons. The highest BCUT2D eigenvalue weighted by molar-refractivity contribution is 7.76. The van der Waals surface area contributed by atoms with Gasteiger partial charge in [-0.25, -0.2) is 0 Å². The van der Waals surface area contributed by atoms with Crippen molar-refractivity contribution < 1.29 is 0 Å². The Morgan fingerprint density at radius 1 is 1.30 bits per heavy atom. The van der Waals surface area contributed by atoms with E-state index in [2.05, 4.69) is 20.8 Å². The van der Waals surface area contributed by atoms with Crippen molar-refractivity contribution in [3.05, 3.63) is 0 Å². The van der Waals surface area contributed by atoms with Crippen LogP contribution in [0.2, 0.25) is 0 Å². The topological polar surface area (TPSA) is 0 Å². The molecule has 0 N–H and O–H groups in total. The summed E-state index contributed by atoms with van der Waals surface area (Å²) in [5.41, 5.74) is 0. The highest BCUT2D eigenvalue weighted by Crippen LogP contribution is 2.86. The normalized spacial score (nSPS) is 37.8. The molecule has 0 nitrogen and oxygen atoms in total. The zero-order valence-electron chi connectivity index (χ0n) is 6.16. The Balaban J connectivity index is 2.66. The first kappa shape index (κ1) is 9.39. The molecule has 1 aliphatic heterocycles. The van der Waals surface area contributed by atoms with Gasteiger partial charge in [-0.3, -0.25) is 0 Å². The molecule has 10 heavy (non-hydrogen) atoms. The summed E-state index contributed by atoms with van der Waals surface area (Å²) in [6.07, 6.45) is 0. The Morgan fingerprint density at radius 3 is 1.60 bits per heavy atom. The van der Waals surface area contributed by atoms with Crippen LogP contribution in [0.4, 0.5) is 0 Å². The molecule has 0 saturated carbocycles. The lowest BCUT2D eigenvalue weighted by Crippen LogP contribution is -2.06. The van der Waals surface area contributed by atoms with E-state index in [0.29, 0.717) is 0 Å². The van der Waals surface area contributed by atoms with E-state index in [9.17, 15) is 0 Å². The predicted octanol–water partition coefficient (Wildman–Crippen LogP) is 3.98. The molecule has 1 rings (SSSR count). The molecule has 0 spiro atoms. The molecule has 0 aromatic rings. The van der Waals surface area contributed by atoms with Crippen molar-refractivity contribution in [1.29, 1.82) is 0 Å². The first-order chi connectivity index (χ1) is 4.28. The van der Waals surface area contributed by atoms with Gasteiger partial charge in [0.25, 0.3) is 0 Å². The van der Waals surface area contributed by atoms with Crippen molar-refractivity contribution in [2.75, 3.05) is 0 Å². The van der Waals surface area contributed by atoms with Crippen LogP contribution in [-0.2, 0) is 0 Å². The van der Waals surface area contributed by atoms with E-state index in [4.69, 9.17) is 34.8 Å². The molecule has 2 atom stereocenters. The fourth-order valence-electron chi connectivity index (χ4n) is 1.00. The standard InChI is InChI=1S/C6H10Cl3P/c1-5(2,3)10-4(7)6(10,8)9/h4H,1-3H3. The van der Waals surface area contributed by atoms with Gasteiger partial charge in [0.1, 0.15) is 0 Å². The number of alkyl halides is 3. The highest BCUT2D eigenvalue weighted by atomic mass is 35.5. The zero-order chi connectivity index (χ0) is 8.15. The van der Waals surface area contributed by atoms with Crippen LogP contribution >= 0.6 is 42.7 Å². The van der Waals surface area contributed by atoms with Crippen LogP contribution in [-0.4, -0.2) is 14.3 Å². The maximum absolute atomic E-state index is 5.90. The van der Waals surface area contributed by atoms with Gasteiger partial charge in [-0.05, 0) is 13.1 Å². The highest BCUT2D eigenvalue weighted by Gasteiger charge is 2.66. The molecule has 60 valence electrons. The summed E-state index contributed by atoms with van der Waals surface area (Å²) in [6.45, 7) is 6.38. The second kappa shape index (κ2) is 2.39. The summed E-state index contributed by atoms with van der Waals surface area (Å²) in [5, 5.41) is 0.177. The number of rotatable bonds is 0. The van der Waals surface area contributed by atoms with Gasteiger partial charge in [0, 0.05) is 0 Å². The Morgan fingerprint density at radius 2 is 1.60 bits per heavy atom. The summed E-state index contributed by atoms with van der Waals surface area (Å²) >= 11 is 17.7. The fraction of sp³-hybridized carbons (Fsp3) is 1.00. The molecule has 4 heteroatoms. The van der Waals surface area contributed by atoms with Gasteiger partial charge < -0.3 is 0 Å². The van der Waals surface area contributed by atoms with Crippen LogP contribution in [0.1, 0.15) is 20.8 Å². The van der Waals surface area contributed by atoms with Crippen molar-refractivity contribution in [1.82, 2.24) is 0 Å². The third kappa shape index (κ3) is 1.41. The molecular formula is C6H10Cl3P. The minimum Gasteiger partial charge on any atom is -0.114 e. The van der Waals surface area contributed by atoms with Crippen LogP contribution in [0.5, 0.6) is 0 Å². The second-order valence-corrected chi connectivity index (χ2v) is 9.42. The van der Waals surface area contributed by atoms with Crippen LogP contribution in [0.3, 0.4) is 0 Å². The Kier molecular flexibility index (Phi) is 2.25. The lowest BCUT2D eigenvalue weighted by Gasteiger charge is -2.17. The molecule has 0 bridgehead atoms. The smallest absolute Gasteiger partial charge is 0.114 e. The van der Waals surface area contributed by atoms with Gasteiger partial charge in [-0.15, -0.1) is 11.6 Å². The van der Waals surface area contributed by atoms with Gasteiger partial charge in [0.15, 0.2) is 4.07 Å². The third-order valence-electron chi connectivity index (χ3n) is 1.49. The van der Waals surface area contributed by atoms with Crippen molar-refractivity contribution in [3.8, 4) is 0 Å². The molecule has 2 unspecified atom stereocenters. The SMILES string of the molecule is CC(C)(C)P1C(Cl)C1(Cl)Cl. The lowest BCUT2D eigenvalue weighted by atomic mass is 10.3. The van der Waals surface area contributed by atoms with E-state index >= 15 is 0 Å². The maximum Gasteiger partial charge on any atom is 0.158 e. The van der Waals surface area contributed by atoms with Crippen molar-refractivity contribution in [2.24, 2.45) is 0 Å². The van der Waals surface area contributed by atoms with Crippen LogP contribution < -0.4 is 0 Å². The average molecular weight is 219 g/mol. The van der Waals surface area contributed by atoms with E-state index in [1.54, 1.807) is 0 Å². The van der Waals surface area contributed by atoms with Gasteiger partial charge in [-0.1, -0.05) is 44.0 Å². The van der Waals surface area contributed by atoms with Crippen LogP contribution in [0, 0.1) is 0 Å². The van der Waals surface area contributed by atoms with E-state index in [1.807, 2.05) is 0 Å². The van der Waals surface area contributed by atoms with Crippen LogP contribution in [0.25, 0.3) is 0 Å². The average Bonchev–Trinajstić information content (AvgIpc) is 2.03. The summed E-state index contributed by atoms with van der Waals surface area (Å²) < 4.78 is -0.616. The fourth-order valence-corrected chi connectivity index (χ4v) is 7.37. The molecule has 0 aliphatic carbocycles. The van der Waals surface area contributed by atoms with E-state index in [1.165, 1.54) is 0 Å². The Hall–Kier alpha value is 1.30. The largest absolute Gasteiger partial charge is 0.158 e. The summed E-state index contributed by atoms with van der Waals surface area (Å²) in [7, 11) is -0.400. The first-order valence-electron chi connectivity index (χ1n) is 3.09. The van der Waals surface area contributed by atoms with E-state index < -0.39 is 12.0 Å². The van der Waals surface area contributed by atoms with E-state index in [0.717, 1.165) is 0 Å². The molecular weight excluding hydrogens is 209 g/mol. The Labute approximate surface area is 78.0 Å². The van der Waals surface area contributed by atoms with Crippen molar-refractivity contribution >= 4 is 42.7 Å². The Bertz CT molecular complexity index is 139. The van der Waals surface area contributed by atoms with Gasteiger partial charge in [-0.2, -0.15) is 0 Å². The molecule has 1 aliphatic rings. The third-order valence-corrected chi connectivity index (χ3v) is 7.52. The number of hydrogen-bond donors (Lipinski definition) is 0. The summed E-state index contributed by atoms with van der Waals surface area (Å²) in [6, 6.07) is 0. The number of hydrogen-bond acceptors (Lipinski definition) is 0. The minimum atomic E-state index is -0.616. The summed E-state index contributed by atoms with van der Waals surface area (Å²) in [4.78, 5) is 0. The zero-order valence-corrected chi connectivity index (χ0v) is 9.32. The monoisotopic (exact) mass is 218 g/mol. The first-order valence-corrected chi connectivity index (χ1v) is 5.69. The minimum absolute atomic E-state index is 0.00849. The molecule has 0 aromatic carbocycles. The van der Waals surface area contributed by atoms with Crippen LogP contribution in [0.15, 0.2) is 0 Å². The quantitative estimate of drug-likeness (QED) is 0.427. The molecule has 1 heterocycles.